The zero-order chi connectivity index (χ0) is 56.4. The molecule has 0 rings (SSSR count). The van der Waals surface area contributed by atoms with Gasteiger partial charge >= 0.3 is 17.9 Å². The highest BCUT2D eigenvalue weighted by molar-refractivity contribution is 5.71. The minimum Gasteiger partial charge on any atom is -0.462 e. The van der Waals surface area contributed by atoms with Crippen molar-refractivity contribution in [2.24, 2.45) is 0 Å². The lowest BCUT2D eigenvalue weighted by Gasteiger charge is -2.18. The van der Waals surface area contributed by atoms with E-state index in [1.54, 1.807) is 0 Å². The summed E-state index contributed by atoms with van der Waals surface area (Å²) in [5, 5.41) is 0. The second-order valence-corrected chi connectivity index (χ2v) is 21.3. The maximum Gasteiger partial charge on any atom is 0.306 e. The van der Waals surface area contributed by atoms with E-state index in [-0.39, 0.29) is 31.1 Å². The van der Waals surface area contributed by atoms with Crippen molar-refractivity contribution in [2.75, 3.05) is 13.2 Å². The highest BCUT2D eigenvalue weighted by Crippen LogP contribution is 2.15. The smallest absolute Gasteiger partial charge is 0.306 e. The summed E-state index contributed by atoms with van der Waals surface area (Å²) >= 11 is 0. The van der Waals surface area contributed by atoms with E-state index in [0.717, 1.165) is 135 Å². The van der Waals surface area contributed by atoms with Gasteiger partial charge in [0.25, 0.3) is 0 Å². The van der Waals surface area contributed by atoms with Crippen LogP contribution in [0.5, 0.6) is 0 Å². The van der Waals surface area contributed by atoms with Crippen molar-refractivity contribution in [3.8, 4) is 0 Å². The van der Waals surface area contributed by atoms with E-state index in [2.05, 4.69) is 142 Å². The number of unbranched alkanes of at least 4 members (excludes halogenated alkanes) is 27. The molecule has 0 spiro atoms. The molecule has 1 atom stereocenters. The molecule has 0 bridgehead atoms. The van der Waals surface area contributed by atoms with Crippen LogP contribution in [0.4, 0.5) is 0 Å². The van der Waals surface area contributed by atoms with Gasteiger partial charge in [-0.05, 0) is 128 Å². The van der Waals surface area contributed by atoms with E-state index in [1.807, 2.05) is 0 Å². The van der Waals surface area contributed by atoms with Crippen molar-refractivity contribution in [2.45, 2.75) is 303 Å². The Hall–Kier alpha value is -4.19. The number of ether oxygens (including phenoxy) is 3. The van der Waals surface area contributed by atoms with E-state index in [9.17, 15) is 14.4 Å². The number of allylic oxidation sites excluding steroid dienone is 20. The number of carbonyl (C=O) groups is 3. The highest BCUT2D eigenvalue weighted by Gasteiger charge is 2.19. The summed E-state index contributed by atoms with van der Waals surface area (Å²) in [6.45, 7) is 6.46. The molecule has 78 heavy (non-hydrogen) atoms. The Morgan fingerprint density at radius 1 is 0.269 bits per heavy atom. The Morgan fingerprint density at radius 2 is 0.513 bits per heavy atom. The fraction of sp³-hybridized carbons (Fsp3) is 0.681. The topological polar surface area (TPSA) is 78.9 Å². The fourth-order valence-corrected chi connectivity index (χ4v) is 8.79. The predicted octanol–water partition coefficient (Wildman–Crippen LogP) is 22.4. The van der Waals surface area contributed by atoms with Gasteiger partial charge < -0.3 is 14.2 Å². The minimum atomic E-state index is -0.804. The van der Waals surface area contributed by atoms with Gasteiger partial charge in [-0.25, -0.2) is 0 Å². The number of esters is 3. The molecule has 0 saturated heterocycles. The zero-order valence-electron chi connectivity index (χ0n) is 50.9. The molecule has 0 radical (unpaired) electrons. The molecule has 6 nitrogen and oxygen atoms in total. The summed E-state index contributed by atoms with van der Waals surface area (Å²) in [7, 11) is 0. The van der Waals surface area contributed by atoms with E-state index in [1.165, 1.54) is 122 Å². The molecule has 0 aliphatic rings. The summed E-state index contributed by atoms with van der Waals surface area (Å²) in [5.74, 6) is -0.942. The maximum absolute atomic E-state index is 12.9. The van der Waals surface area contributed by atoms with E-state index in [0.29, 0.717) is 19.3 Å². The SMILES string of the molecule is CC/C=C\C/C=C\C/C=C\C/C=C\C/C=C\C/C=C\C/C=C\CCCCCC(=O)OCC(COC(=O)CCCCCCC/C=C\C/C=C\CCCC)OC(=O)CCCCCCCCCCC/C=C\CCCCCCCCCC. The van der Waals surface area contributed by atoms with Gasteiger partial charge in [0, 0.05) is 19.3 Å². The summed E-state index contributed by atoms with van der Waals surface area (Å²) in [6.07, 6.45) is 90.6. The lowest BCUT2D eigenvalue weighted by molar-refractivity contribution is -0.167. The van der Waals surface area contributed by atoms with Gasteiger partial charge in [0.15, 0.2) is 6.10 Å². The molecule has 0 fully saturated rings. The van der Waals surface area contributed by atoms with Crippen LogP contribution in [0.3, 0.4) is 0 Å². The first-order valence-electron chi connectivity index (χ1n) is 32.5. The number of hydrogen-bond donors (Lipinski definition) is 0. The highest BCUT2D eigenvalue weighted by atomic mass is 16.6. The van der Waals surface area contributed by atoms with Crippen molar-refractivity contribution < 1.29 is 28.6 Å². The fourth-order valence-electron chi connectivity index (χ4n) is 8.79. The lowest BCUT2D eigenvalue weighted by Crippen LogP contribution is -2.30. The number of rotatable bonds is 58. The van der Waals surface area contributed by atoms with Crippen molar-refractivity contribution in [3.63, 3.8) is 0 Å². The van der Waals surface area contributed by atoms with Gasteiger partial charge in [-0.3, -0.25) is 14.4 Å². The third kappa shape index (κ3) is 62.7. The first-order valence-corrected chi connectivity index (χ1v) is 32.5. The first kappa shape index (κ1) is 73.8. The molecule has 444 valence electrons. The maximum atomic E-state index is 12.9. The average molecular weight is 1080 g/mol. The van der Waals surface area contributed by atoms with Crippen molar-refractivity contribution >= 4 is 17.9 Å². The molecule has 0 aromatic heterocycles. The first-order chi connectivity index (χ1) is 38.5. The second-order valence-electron chi connectivity index (χ2n) is 21.3. The quantitative estimate of drug-likeness (QED) is 0.0261. The van der Waals surface area contributed by atoms with Gasteiger partial charge in [-0.2, -0.15) is 0 Å². The molecule has 0 aromatic rings. The van der Waals surface area contributed by atoms with Crippen molar-refractivity contribution in [3.05, 3.63) is 122 Å². The van der Waals surface area contributed by atoms with Crippen LogP contribution in [0.25, 0.3) is 0 Å². The molecule has 0 amide bonds. The summed E-state index contributed by atoms with van der Waals surface area (Å²) in [4.78, 5) is 38.3. The molecular weight excluding hydrogens is 961 g/mol. The Kier molecular flexibility index (Phi) is 61.8. The monoisotopic (exact) mass is 1080 g/mol. The van der Waals surface area contributed by atoms with Crippen LogP contribution in [0.2, 0.25) is 0 Å². The molecular formula is C72H120O6. The van der Waals surface area contributed by atoms with Crippen LogP contribution in [-0.2, 0) is 28.6 Å². The minimum absolute atomic E-state index is 0.0987. The van der Waals surface area contributed by atoms with Crippen LogP contribution >= 0.6 is 0 Å². The van der Waals surface area contributed by atoms with Crippen molar-refractivity contribution in [1.29, 1.82) is 0 Å². The number of carbonyl (C=O) groups excluding carboxylic acids is 3. The standard InChI is InChI=1S/C72H120O6/c1-4-7-10-13-16-19-22-25-28-30-32-34-35-36-37-39-40-42-44-47-50-53-56-59-62-65-71(74)77-68-69(67-76-70(73)64-61-58-55-52-49-46-27-24-21-18-15-12-9-6-3)78-72(75)66-63-60-57-54-51-48-45-43-41-38-33-31-29-26-23-20-17-14-11-8-5-2/h7,10,15-16,18-19,24-25,27-28,31-34,36-37,40,42,47,50,69H,4-6,8-9,11-14,17,20-23,26,29-30,35,38-39,41,43-46,48-49,51-68H2,1-3H3/b10-7-,18-15-,19-16-,27-24-,28-25-,33-31-,34-32-,37-36-,42-40-,50-47-. The lowest BCUT2D eigenvalue weighted by atomic mass is 10.1. The van der Waals surface area contributed by atoms with E-state index in [4.69, 9.17) is 14.2 Å². The van der Waals surface area contributed by atoms with Gasteiger partial charge in [0.2, 0.25) is 0 Å². The molecule has 1 unspecified atom stereocenters. The predicted molar refractivity (Wildman–Crippen MR) is 339 cm³/mol. The summed E-state index contributed by atoms with van der Waals surface area (Å²) in [6, 6.07) is 0. The van der Waals surface area contributed by atoms with Gasteiger partial charge in [-0.15, -0.1) is 0 Å². The normalized spacial score (nSPS) is 12.9. The summed E-state index contributed by atoms with van der Waals surface area (Å²) in [5.41, 5.74) is 0. The second kappa shape index (κ2) is 65.3. The van der Waals surface area contributed by atoms with Crippen LogP contribution < -0.4 is 0 Å². The van der Waals surface area contributed by atoms with E-state index >= 15 is 0 Å². The van der Waals surface area contributed by atoms with Gasteiger partial charge in [-0.1, -0.05) is 271 Å². The Morgan fingerprint density at radius 3 is 0.846 bits per heavy atom. The zero-order valence-corrected chi connectivity index (χ0v) is 50.9. The Balaban J connectivity index is 4.44. The third-order valence-electron chi connectivity index (χ3n) is 13.7. The van der Waals surface area contributed by atoms with Gasteiger partial charge in [0.05, 0.1) is 0 Å². The largest absolute Gasteiger partial charge is 0.462 e. The molecule has 0 heterocycles. The van der Waals surface area contributed by atoms with Crippen LogP contribution in [0.15, 0.2) is 122 Å². The Bertz CT molecular complexity index is 1620. The van der Waals surface area contributed by atoms with E-state index < -0.39 is 6.10 Å². The Labute approximate surface area is 482 Å². The molecule has 0 aromatic carbocycles. The molecule has 0 aliphatic heterocycles. The van der Waals surface area contributed by atoms with Crippen LogP contribution in [0, 0.1) is 0 Å². The van der Waals surface area contributed by atoms with Crippen LogP contribution in [-0.4, -0.2) is 37.2 Å². The van der Waals surface area contributed by atoms with Gasteiger partial charge in [0.1, 0.15) is 13.2 Å². The molecule has 6 heteroatoms. The molecule has 0 aliphatic carbocycles. The van der Waals surface area contributed by atoms with Crippen LogP contribution in [0.1, 0.15) is 297 Å². The third-order valence-corrected chi connectivity index (χ3v) is 13.7. The number of hydrogen-bond acceptors (Lipinski definition) is 6. The van der Waals surface area contributed by atoms with Crippen molar-refractivity contribution in [1.82, 2.24) is 0 Å². The molecule has 0 N–H and O–H groups in total. The molecule has 0 saturated carbocycles. The summed E-state index contributed by atoms with van der Waals surface area (Å²) < 4.78 is 16.9. The average Bonchev–Trinajstić information content (AvgIpc) is 3.44.